The minimum atomic E-state index is -0.246. The van der Waals surface area contributed by atoms with Crippen LogP contribution < -0.4 is 9.64 Å². The van der Waals surface area contributed by atoms with E-state index in [1.165, 1.54) is 66.5 Å². The van der Waals surface area contributed by atoms with Crippen molar-refractivity contribution in [2.24, 2.45) is 0 Å². The zero-order valence-corrected chi connectivity index (χ0v) is 34.9. The molecule has 0 bridgehead atoms. The first kappa shape index (κ1) is 35.0. The standard InChI is InChI=1S/C51H52N4O/c1-47(2,3)29-23-34-33-15-13-21-52-45(33)54-41-27-31(17-19-35(41)49(7,8)38(24-29)43(34)54)56-32-18-20-36-42(28-32)55-44-39(50(36,9)10)25-30(48(4,5)6)26-40(44)51(11,12)37-16-14-22-53-46(37)55/h13-28H,1-12H3. The average molecular weight is 737 g/mol. The van der Waals surface area contributed by atoms with Gasteiger partial charge in [-0.05, 0) is 86.2 Å². The first-order valence-electron chi connectivity index (χ1n) is 20.2. The number of benzene rings is 4. The lowest BCUT2D eigenvalue weighted by Gasteiger charge is -2.49. The van der Waals surface area contributed by atoms with Crippen LogP contribution >= 0.6 is 0 Å². The Morgan fingerprint density at radius 1 is 0.518 bits per heavy atom. The number of nitrogens with zero attached hydrogens (tertiary/aromatic N) is 4. The maximum absolute atomic E-state index is 6.92. The number of rotatable bonds is 2. The molecule has 282 valence electrons. The van der Waals surface area contributed by atoms with Crippen molar-refractivity contribution in [1.29, 1.82) is 0 Å². The first-order valence-corrected chi connectivity index (χ1v) is 20.2. The van der Waals surface area contributed by atoms with Crippen molar-refractivity contribution >= 4 is 39.1 Å². The van der Waals surface area contributed by atoms with Gasteiger partial charge in [0, 0.05) is 57.1 Å². The zero-order valence-electron chi connectivity index (χ0n) is 34.9. The number of ether oxygens (including phenoxy) is 1. The highest BCUT2D eigenvalue weighted by Crippen LogP contribution is 2.61. The average Bonchev–Trinajstić information content (AvgIpc) is 3.47. The van der Waals surface area contributed by atoms with Gasteiger partial charge >= 0.3 is 0 Å². The largest absolute Gasteiger partial charge is 0.457 e. The highest BCUT2D eigenvalue weighted by molar-refractivity contribution is 6.10. The van der Waals surface area contributed by atoms with E-state index in [0.717, 1.165) is 34.3 Å². The molecule has 3 aromatic heterocycles. The van der Waals surface area contributed by atoms with E-state index in [0.29, 0.717) is 0 Å². The highest BCUT2D eigenvalue weighted by atomic mass is 16.5. The summed E-state index contributed by atoms with van der Waals surface area (Å²) in [5, 5.41) is 2.43. The molecule has 3 aliphatic heterocycles. The SMILES string of the molecule is CC(C)(C)c1cc2c3c(c1)C(C)(C)c1cccnc1N3c1cc(Oc3ccc4c(c3)-n3c5ncccc5c5cc(C(C)(C)C)cc(c53)C4(C)C)ccc1C2(C)C. The molecule has 6 heterocycles. The smallest absolute Gasteiger partial charge is 0.145 e. The minimum absolute atomic E-state index is 0.00598. The second-order valence-corrected chi connectivity index (χ2v) is 20.1. The molecule has 0 spiro atoms. The Morgan fingerprint density at radius 3 is 1.71 bits per heavy atom. The van der Waals surface area contributed by atoms with Gasteiger partial charge in [0.2, 0.25) is 0 Å². The van der Waals surface area contributed by atoms with E-state index < -0.39 is 0 Å². The Bertz CT molecular complexity index is 2820. The third kappa shape index (κ3) is 4.60. The topological polar surface area (TPSA) is 43.2 Å². The fourth-order valence-electron chi connectivity index (χ4n) is 9.93. The predicted octanol–water partition coefficient (Wildman–Crippen LogP) is 13.3. The summed E-state index contributed by atoms with van der Waals surface area (Å²) in [5.74, 6) is 2.58. The molecule has 0 saturated heterocycles. The van der Waals surface area contributed by atoms with Crippen LogP contribution in [0.4, 0.5) is 17.2 Å². The molecule has 56 heavy (non-hydrogen) atoms. The molecule has 4 aromatic carbocycles. The molecule has 3 aliphatic rings. The van der Waals surface area contributed by atoms with Gasteiger partial charge in [-0.15, -0.1) is 0 Å². The molecule has 0 fully saturated rings. The van der Waals surface area contributed by atoms with E-state index in [1.54, 1.807) is 0 Å². The molecule has 0 N–H and O–H groups in total. The van der Waals surface area contributed by atoms with E-state index in [9.17, 15) is 0 Å². The fourth-order valence-corrected chi connectivity index (χ4v) is 9.93. The van der Waals surface area contributed by atoms with Crippen molar-refractivity contribution in [2.75, 3.05) is 4.90 Å². The van der Waals surface area contributed by atoms with Crippen molar-refractivity contribution in [3.05, 3.63) is 142 Å². The van der Waals surface area contributed by atoms with Crippen molar-refractivity contribution in [3.8, 4) is 17.2 Å². The van der Waals surface area contributed by atoms with Gasteiger partial charge in [0.1, 0.15) is 23.0 Å². The molecular weight excluding hydrogens is 685 g/mol. The Morgan fingerprint density at radius 2 is 1.05 bits per heavy atom. The molecule has 0 radical (unpaired) electrons. The van der Waals surface area contributed by atoms with E-state index >= 15 is 0 Å². The monoisotopic (exact) mass is 736 g/mol. The van der Waals surface area contributed by atoms with Crippen molar-refractivity contribution in [3.63, 3.8) is 0 Å². The van der Waals surface area contributed by atoms with Gasteiger partial charge < -0.3 is 4.74 Å². The predicted molar refractivity (Wildman–Crippen MR) is 231 cm³/mol. The molecule has 0 unspecified atom stereocenters. The third-order valence-electron chi connectivity index (χ3n) is 13.4. The second kappa shape index (κ2) is 10.9. The van der Waals surface area contributed by atoms with Crippen LogP contribution in [0.1, 0.15) is 128 Å². The minimum Gasteiger partial charge on any atom is -0.457 e. The van der Waals surface area contributed by atoms with Crippen LogP contribution in [-0.4, -0.2) is 14.5 Å². The van der Waals surface area contributed by atoms with E-state index in [1.807, 2.05) is 12.4 Å². The fraction of sp³-hybridized carbons (Fsp3) is 0.333. The lowest BCUT2D eigenvalue weighted by Crippen LogP contribution is -2.39. The van der Waals surface area contributed by atoms with Crippen molar-refractivity contribution in [1.82, 2.24) is 14.5 Å². The molecule has 5 heteroatoms. The summed E-state index contributed by atoms with van der Waals surface area (Å²) in [6, 6.07) is 31.6. The molecular formula is C51H52N4O. The van der Waals surface area contributed by atoms with Gasteiger partial charge in [0.05, 0.1) is 22.6 Å². The number of pyridine rings is 2. The molecule has 0 aliphatic carbocycles. The number of hydrogen-bond donors (Lipinski definition) is 0. The first-order chi connectivity index (χ1) is 26.3. The molecule has 7 aromatic rings. The van der Waals surface area contributed by atoms with Crippen LogP contribution in [0.5, 0.6) is 11.5 Å². The lowest BCUT2D eigenvalue weighted by atomic mass is 9.65. The maximum Gasteiger partial charge on any atom is 0.145 e. The normalized spacial score (nSPS) is 17.0. The quantitative estimate of drug-likeness (QED) is 0.177. The van der Waals surface area contributed by atoms with Crippen molar-refractivity contribution in [2.45, 2.75) is 110 Å². The second-order valence-electron chi connectivity index (χ2n) is 20.1. The summed E-state index contributed by atoms with van der Waals surface area (Å²) < 4.78 is 9.30. The van der Waals surface area contributed by atoms with E-state index in [2.05, 4.69) is 177 Å². The van der Waals surface area contributed by atoms with Gasteiger partial charge in [-0.3, -0.25) is 9.47 Å². The summed E-state index contributed by atoms with van der Waals surface area (Å²) in [6.45, 7) is 28.0. The zero-order chi connectivity index (χ0) is 39.5. The van der Waals surface area contributed by atoms with Gasteiger partial charge in [-0.2, -0.15) is 0 Å². The molecule has 10 rings (SSSR count). The Kier molecular flexibility index (Phi) is 6.82. The Labute approximate surface area is 331 Å². The number of anilines is 3. The number of aromatic nitrogens is 3. The van der Waals surface area contributed by atoms with Crippen LogP contribution in [-0.2, 0) is 27.1 Å². The molecule has 0 atom stereocenters. The summed E-state index contributed by atoms with van der Waals surface area (Å²) >= 11 is 0. The van der Waals surface area contributed by atoms with Crippen LogP contribution in [0.15, 0.2) is 97.3 Å². The van der Waals surface area contributed by atoms with Crippen LogP contribution in [0, 0.1) is 0 Å². The van der Waals surface area contributed by atoms with E-state index in [4.69, 9.17) is 14.7 Å². The van der Waals surface area contributed by atoms with Gasteiger partial charge in [-0.1, -0.05) is 119 Å². The van der Waals surface area contributed by atoms with Crippen molar-refractivity contribution < 1.29 is 4.74 Å². The number of fused-ring (bicyclic) bond motifs is 9. The van der Waals surface area contributed by atoms with E-state index in [-0.39, 0.29) is 27.1 Å². The number of hydrogen-bond acceptors (Lipinski definition) is 4. The summed E-state index contributed by atoms with van der Waals surface area (Å²) in [6.07, 6.45) is 3.84. The van der Waals surface area contributed by atoms with Crippen LogP contribution in [0.2, 0.25) is 0 Å². The van der Waals surface area contributed by atoms with Gasteiger partial charge in [-0.25, -0.2) is 9.97 Å². The molecule has 0 saturated carbocycles. The maximum atomic E-state index is 6.92. The molecule has 0 amide bonds. The summed E-state index contributed by atoms with van der Waals surface area (Å²) in [7, 11) is 0. The molecule has 5 nitrogen and oxygen atoms in total. The van der Waals surface area contributed by atoms with Gasteiger partial charge in [0.15, 0.2) is 0 Å². The Hall–Kier alpha value is -5.42. The van der Waals surface area contributed by atoms with Crippen LogP contribution in [0.3, 0.4) is 0 Å². The summed E-state index contributed by atoms with van der Waals surface area (Å²) in [5.41, 5.74) is 15.5. The van der Waals surface area contributed by atoms with Gasteiger partial charge in [0.25, 0.3) is 0 Å². The third-order valence-corrected chi connectivity index (χ3v) is 13.4. The van der Waals surface area contributed by atoms with Crippen LogP contribution in [0.25, 0.3) is 27.6 Å². The Balaban J connectivity index is 1.14. The lowest BCUT2D eigenvalue weighted by molar-refractivity contribution is 0.480. The highest BCUT2D eigenvalue weighted by Gasteiger charge is 2.47. The summed E-state index contributed by atoms with van der Waals surface area (Å²) in [4.78, 5) is 12.5.